The van der Waals surface area contributed by atoms with E-state index in [1.807, 2.05) is 18.3 Å². The van der Waals surface area contributed by atoms with E-state index in [1.54, 1.807) is 6.20 Å². The maximum Gasteiger partial charge on any atom is 0.222 e. The van der Waals surface area contributed by atoms with Crippen molar-refractivity contribution in [3.8, 4) is 0 Å². The van der Waals surface area contributed by atoms with Crippen molar-refractivity contribution in [3.05, 3.63) is 36.2 Å². The highest BCUT2D eigenvalue weighted by Gasteiger charge is 2.33. The van der Waals surface area contributed by atoms with Crippen molar-refractivity contribution < 1.29 is 4.79 Å². The molecule has 0 unspecified atom stereocenters. The van der Waals surface area contributed by atoms with Crippen molar-refractivity contribution in [2.45, 2.75) is 52.9 Å². The summed E-state index contributed by atoms with van der Waals surface area (Å²) in [6.45, 7) is 9.23. The minimum atomic E-state index is 0.261. The van der Waals surface area contributed by atoms with E-state index in [-0.39, 0.29) is 5.41 Å². The first-order valence-electron chi connectivity index (χ1n) is 9.04. The zero-order valence-electron chi connectivity index (χ0n) is 15.3. The summed E-state index contributed by atoms with van der Waals surface area (Å²) in [5, 5.41) is 3.36. The van der Waals surface area contributed by atoms with Gasteiger partial charge in [-0.3, -0.25) is 9.78 Å². The molecule has 1 saturated heterocycles. The first-order chi connectivity index (χ1) is 11.5. The Bertz CT molecular complexity index is 551. The number of carbonyl (C=O) groups excluding carboxylic acids is 1. The topological polar surface area (TPSA) is 45.2 Å². The number of pyridine rings is 1. The predicted octanol–water partition coefficient (Wildman–Crippen LogP) is 4.26. The second-order valence-corrected chi connectivity index (χ2v) is 7.47. The van der Waals surface area contributed by atoms with E-state index in [0.717, 1.165) is 51.0 Å². The van der Waals surface area contributed by atoms with Crippen LogP contribution < -0.4 is 5.32 Å². The molecule has 132 valence electrons. The van der Waals surface area contributed by atoms with Crippen molar-refractivity contribution in [1.29, 1.82) is 0 Å². The van der Waals surface area contributed by atoms with Gasteiger partial charge in [-0.15, -0.1) is 0 Å². The lowest BCUT2D eigenvalue weighted by Crippen LogP contribution is -2.45. The Balaban J connectivity index is 1.76. The normalized spacial score (nSPS) is 20.8. The number of hydrogen-bond donors (Lipinski definition) is 1. The maximum absolute atomic E-state index is 12.2. The van der Waals surface area contributed by atoms with Crippen LogP contribution in [0.1, 0.15) is 52.9 Å². The molecular formula is C20H31N3O. The molecule has 1 aromatic heterocycles. The highest BCUT2D eigenvalue weighted by molar-refractivity contribution is 5.77. The van der Waals surface area contributed by atoms with Crippen LogP contribution in [0.3, 0.4) is 0 Å². The van der Waals surface area contributed by atoms with Crippen LogP contribution in [0.4, 0.5) is 5.69 Å². The lowest BCUT2D eigenvalue weighted by Gasteiger charge is -2.40. The third-order valence-corrected chi connectivity index (χ3v) is 4.76. The summed E-state index contributed by atoms with van der Waals surface area (Å²) in [6, 6.07) is 3.94. The van der Waals surface area contributed by atoms with Gasteiger partial charge in [-0.1, -0.05) is 18.6 Å². The van der Waals surface area contributed by atoms with Gasteiger partial charge in [0.1, 0.15) is 0 Å². The van der Waals surface area contributed by atoms with Gasteiger partial charge in [0, 0.05) is 38.4 Å². The fourth-order valence-electron chi connectivity index (χ4n) is 3.28. The number of piperidine rings is 1. The third kappa shape index (κ3) is 5.99. The van der Waals surface area contributed by atoms with Crippen molar-refractivity contribution >= 4 is 11.6 Å². The van der Waals surface area contributed by atoms with Gasteiger partial charge in [0.2, 0.25) is 5.91 Å². The molecule has 1 amide bonds. The van der Waals surface area contributed by atoms with Crippen LogP contribution >= 0.6 is 0 Å². The molecule has 4 heteroatoms. The molecule has 4 nitrogen and oxygen atoms in total. The number of likely N-dealkylation sites (tertiary alicyclic amines) is 1. The average Bonchev–Trinajstić information content (AvgIpc) is 2.55. The van der Waals surface area contributed by atoms with E-state index in [1.165, 1.54) is 5.57 Å². The van der Waals surface area contributed by atoms with Crippen molar-refractivity contribution in [3.63, 3.8) is 0 Å². The molecule has 2 rings (SSSR count). The zero-order valence-corrected chi connectivity index (χ0v) is 15.3. The Kier molecular flexibility index (Phi) is 6.83. The summed E-state index contributed by atoms with van der Waals surface area (Å²) in [4.78, 5) is 18.4. The molecule has 0 saturated carbocycles. The molecule has 1 aliphatic heterocycles. The van der Waals surface area contributed by atoms with Gasteiger partial charge < -0.3 is 10.2 Å². The van der Waals surface area contributed by atoms with Crippen LogP contribution in [0.25, 0.3) is 0 Å². The van der Waals surface area contributed by atoms with Gasteiger partial charge >= 0.3 is 0 Å². The molecule has 0 bridgehead atoms. The second-order valence-electron chi connectivity index (χ2n) is 7.47. The molecule has 1 fully saturated rings. The van der Waals surface area contributed by atoms with Crippen molar-refractivity contribution in [2.75, 3.05) is 25.0 Å². The minimum Gasteiger partial charge on any atom is -0.384 e. The van der Waals surface area contributed by atoms with Crippen molar-refractivity contribution in [2.24, 2.45) is 5.41 Å². The van der Waals surface area contributed by atoms with E-state index in [4.69, 9.17) is 0 Å². The number of carbonyl (C=O) groups is 1. The SMILES string of the molecule is CC(C)=CCC[C@]1(C)CCC(=O)N(CCCNc2cccnc2)C1. The predicted molar refractivity (Wildman–Crippen MR) is 99.9 cm³/mol. The fraction of sp³-hybridized carbons (Fsp3) is 0.600. The Labute approximate surface area is 146 Å². The quantitative estimate of drug-likeness (QED) is 0.572. The molecule has 1 N–H and O–H groups in total. The summed E-state index contributed by atoms with van der Waals surface area (Å²) in [5.41, 5.74) is 2.68. The second kappa shape index (κ2) is 8.86. The number of nitrogens with zero attached hydrogens (tertiary/aromatic N) is 2. The molecule has 2 heterocycles. The number of aromatic nitrogens is 1. The highest BCUT2D eigenvalue weighted by Crippen LogP contribution is 2.34. The smallest absolute Gasteiger partial charge is 0.222 e. The van der Waals surface area contributed by atoms with Gasteiger partial charge in [0.25, 0.3) is 0 Å². The summed E-state index contributed by atoms with van der Waals surface area (Å²) in [6.07, 6.45) is 10.9. The molecule has 0 aromatic carbocycles. The molecule has 1 atom stereocenters. The Morgan fingerprint density at radius 3 is 3.00 bits per heavy atom. The van der Waals surface area contributed by atoms with Crippen LogP contribution in [0.2, 0.25) is 0 Å². The monoisotopic (exact) mass is 329 g/mol. The molecular weight excluding hydrogens is 298 g/mol. The first kappa shape index (κ1) is 18.5. The summed E-state index contributed by atoms with van der Waals surface area (Å²) in [7, 11) is 0. The van der Waals surface area contributed by atoms with Crippen LogP contribution in [0.5, 0.6) is 0 Å². The van der Waals surface area contributed by atoms with E-state index < -0.39 is 0 Å². The maximum atomic E-state index is 12.2. The first-order valence-corrected chi connectivity index (χ1v) is 9.04. The van der Waals surface area contributed by atoms with Gasteiger partial charge in [-0.25, -0.2) is 0 Å². The number of anilines is 1. The summed E-state index contributed by atoms with van der Waals surface area (Å²) < 4.78 is 0. The fourth-order valence-corrected chi connectivity index (χ4v) is 3.28. The van der Waals surface area contributed by atoms with Gasteiger partial charge in [-0.2, -0.15) is 0 Å². The molecule has 24 heavy (non-hydrogen) atoms. The number of rotatable bonds is 8. The minimum absolute atomic E-state index is 0.261. The van der Waals surface area contributed by atoms with Crippen LogP contribution in [0, 0.1) is 5.41 Å². The number of amides is 1. The lowest BCUT2D eigenvalue weighted by atomic mass is 9.77. The molecule has 1 aromatic rings. The number of nitrogens with one attached hydrogen (secondary N) is 1. The van der Waals surface area contributed by atoms with E-state index in [9.17, 15) is 4.79 Å². The van der Waals surface area contributed by atoms with E-state index >= 15 is 0 Å². The lowest BCUT2D eigenvalue weighted by molar-refractivity contribution is -0.137. The highest BCUT2D eigenvalue weighted by atomic mass is 16.2. The summed E-state index contributed by atoms with van der Waals surface area (Å²) >= 11 is 0. The standard InChI is InChI=1S/C20H31N3O/c1-17(2)7-4-10-20(3)11-9-19(24)23(16-20)14-6-13-22-18-8-5-12-21-15-18/h5,7-8,12,15,22H,4,6,9-11,13-14,16H2,1-3H3/t20-/m1/s1. The Morgan fingerprint density at radius 1 is 1.46 bits per heavy atom. The third-order valence-electron chi connectivity index (χ3n) is 4.76. The van der Waals surface area contributed by atoms with Gasteiger partial charge in [0.15, 0.2) is 0 Å². The molecule has 0 aliphatic carbocycles. The number of allylic oxidation sites excluding steroid dienone is 2. The van der Waals surface area contributed by atoms with E-state index in [2.05, 4.69) is 42.0 Å². The average molecular weight is 329 g/mol. The van der Waals surface area contributed by atoms with Crippen LogP contribution in [0.15, 0.2) is 36.2 Å². The van der Waals surface area contributed by atoms with Crippen LogP contribution in [-0.2, 0) is 4.79 Å². The van der Waals surface area contributed by atoms with Gasteiger partial charge in [-0.05, 0) is 57.1 Å². The Morgan fingerprint density at radius 2 is 2.29 bits per heavy atom. The van der Waals surface area contributed by atoms with Crippen LogP contribution in [-0.4, -0.2) is 35.4 Å². The van der Waals surface area contributed by atoms with Crippen molar-refractivity contribution in [1.82, 2.24) is 9.88 Å². The zero-order chi connectivity index (χ0) is 17.4. The molecule has 0 spiro atoms. The summed E-state index contributed by atoms with van der Waals surface area (Å²) in [5.74, 6) is 0.316. The molecule has 1 aliphatic rings. The number of hydrogen-bond acceptors (Lipinski definition) is 3. The van der Waals surface area contributed by atoms with E-state index in [0.29, 0.717) is 12.3 Å². The molecule has 0 radical (unpaired) electrons. The Hall–Kier alpha value is -1.84. The van der Waals surface area contributed by atoms with Gasteiger partial charge in [0.05, 0.1) is 5.69 Å². The largest absolute Gasteiger partial charge is 0.384 e.